The molecule has 0 spiro atoms. The number of nitrogens with zero attached hydrogens (tertiary/aromatic N) is 1. The molecule has 1 aliphatic carbocycles. The molecule has 1 aromatic rings. The summed E-state index contributed by atoms with van der Waals surface area (Å²) in [5.74, 6) is -0.218. The van der Waals surface area contributed by atoms with Gasteiger partial charge < -0.3 is 10.2 Å². The number of likely N-dealkylation sites (N-methyl/N-ethyl adjacent to an activating group) is 1. The van der Waals surface area contributed by atoms with Crippen molar-refractivity contribution in [3.05, 3.63) is 56.8 Å². The Morgan fingerprint density at radius 3 is 2.50 bits per heavy atom. The van der Waals surface area contributed by atoms with Gasteiger partial charge in [-0.3, -0.25) is 9.59 Å². The van der Waals surface area contributed by atoms with Crippen LogP contribution in [0.4, 0.5) is 0 Å². The highest BCUT2D eigenvalue weighted by molar-refractivity contribution is 9.10. The lowest BCUT2D eigenvalue weighted by Gasteiger charge is -2.40. The second-order valence-electron chi connectivity index (χ2n) is 8.20. The zero-order chi connectivity index (χ0) is 20.6. The highest BCUT2D eigenvalue weighted by Gasteiger charge is 2.45. The molecule has 1 N–H and O–H groups in total. The van der Waals surface area contributed by atoms with Crippen LogP contribution in [-0.2, 0) is 9.59 Å². The average Bonchev–Trinajstić information content (AvgIpc) is 2.65. The van der Waals surface area contributed by atoms with Gasteiger partial charge in [-0.2, -0.15) is 0 Å². The van der Waals surface area contributed by atoms with E-state index < -0.39 is 5.41 Å². The van der Waals surface area contributed by atoms with Crippen molar-refractivity contribution in [2.75, 3.05) is 13.1 Å². The summed E-state index contributed by atoms with van der Waals surface area (Å²) in [5.41, 5.74) is 3.80. The van der Waals surface area contributed by atoms with Crippen molar-refractivity contribution in [3.63, 3.8) is 0 Å². The van der Waals surface area contributed by atoms with Crippen LogP contribution in [0.25, 0.3) is 0 Å². The first kappa shape index (κ1) is 20.8. The maximum atomic E-state index is 13.5. The Kier molecular flexibility index (Phi) is 5.85. The lowest BCUT2D eigenvalue weighted by molar-refractivity contribution is -0.127. The molecular weight excluding hydrogens is 416 g/mol. The number of hydrogen-bond acceptors (Lipinski definition) is 3. The Bertz CT molecular complexity index is 878. The van der Waals surface area contributed by atoms with Gasteiger partial charge in [0.05, 0.1) is 0 Å². The van der Waals surface area contributed by atoms with E-state index in [2.05, 4.69) is 21.2 Å². The number of hydrogen-bond donors (Lipinski definition) is 1. The molecule has 5 heteroatoms. The molecule has 4 nitrogen and oxygen atoms in total. The van der Waals surface area contributed by atoms with Gasteiger partial charge in [0.1, 0.15) is 0 Å². The molecule has 1 amide bonds. The minimum atomic E-state index is -0.422. The molecular formula is C23H29BrN2O2. The minimum Gasteiger partial charge on any atom is -0.362 e. The molecule has 1 atom stereocenters. The van der Waals surface area contributed by atoms with Crippen LogP contribution in [0, 0.1) is 5.41 Å². The number of dihydropyridines is 1. The van der Waals surface area contributed by atoms with Crippen LogP contribution >= 0.6 is 15.9 Å². The third-order valence-corrected chi connectivity index (χ3v) is 6.72. The van der Waals surface area contributed by atoms with E-state index in [9.17, 15) is 9.59 Å². The summed E-state index contributed by atoms with van der Waals surface area (Å²) in [7, 11) is 0. The van der Waals surface area contributed by atoms with Crippen LogP contribution in [0.15, 0.2) is 51.3 Å². The first-order valence-corrected chi connectivity index (χ1v) is 10.8. The number of carbonyl (C=O) groups is 2. The summed E-state index contributed by atoms with van der Waals surface area (Å²) in [6, 6.07) is 7.92. The molecule has 3 rings (SSSR count). The molecule has 1 unspecified atom stereocenters. The number of rotatable bonds is 4. The molecule has 0 aromatic heterocycles. The summed E-state index contributed by atoms with van der Waals surface area (Å²) in [4.78, 5) is 28.8. The predicted molar refractivity (Wildman–Crippen MR) is 116 cm³/mol. The van der Waals surface area contributed by atoms with E-state index in [-0.39, 0.29) is 17.6 Å². The molecule has 0 saturated carbocycles. The maximum Gasteiger partial charge on any atom is 0.252 e. The number of nitrogens with one attached hydrogen (secondary N) is 1. The lowest BCUT2D eigenvalue weighted by atomic mass is 9.67. The van der Waals surface area contributed by atoms with E-state index in [0.29, 0.717) is 18.7 Å². The standard InChI is InChI=1S/C23H29BrN2O2/c1-6-26(7-2)22(28)18-14(3)25-17-12-13-23(4,5)21(27)20(17)19(18)15-10-8-9-11-16(15)24/h8-11,19,25H,6-7,12-13H2,1-5H3. The number of allylic oxidation sites excluding steroid dienone is 3. The molecule has 28 heavy (non-hydrogen) atoms. The highest BCUT2D eigenvalue weighted by atomic mass is 79.9. The van der Waals surface area contributed by atoms with Crippen molar-refractivity contribution in [2.24, 2.45) is 5.41 Å². The monoisotopic (exact) mass is 444 g/mol. The minimum absolute atomic E-state index is 0.00140. The smallest absolute Gasteiger partial charge is 0.252 e. The average molecular weight is 445 g/mol. The number of carbonyl (C=O) groups excluding carboxylic acids is 2. The molecule has 0 saturated heterocycles. The van der Waals surface area contributed by atoms with Crippen LogP contribution < -0.4 is 5.32 Å². The Labute approximate surface area is 176 Å². The van der Waals surface area contributed by atoms with E-state index in [0.717, 1.165) is 39.8 Å². The van der Waals surface area contributed by atoms with Crippen molar-refractivity contribution in [3.8, 4) is 0 Å². The first-order valence-electron chi connectivity index (χ1n) is 10.0. The summed E-state index contributed by atoms with van der Waals surface area (Å²) in [6.07, 6.45) is 1.63. The van der Waals surface area contributed by atoms with Crippen LogP contribution in [0.2, 0.25) is 0 Å². The van der Waals surface area contributed by atoms with Gasteiger partial charge in [-0.1, -0.05) is 48.0 Å². The SMILES string of the molecule is CCN(CC)C(=O)C1=C(C)NC2=C(C(=O)C(C)(C)CC2)C1c1ccccc1Br. The second-order valence-corrected chi connectivity index (χ2v) is 9.06. The number of amides is 1. The zero-order valence-corrected chi connectivity index (χ0v) is 18.9. The summed E-state index contributed by atoms with van der Waals surface area (Å²) < 4.78 is 0.919. The third kappa shape index (κ3) is 3.45. The molecule has 0 fully saturated rings. The number of ketones is 1. The second kappa shape index (κ2) is 7.86. The van der Waals surface area contributed by atoms with Crippen molar-refractivity contribution in [1.82, 2.24) is 10.2 Å². The molecule has 1 aromatic carbocycles. The summed E-state index contributed by atoms with van der Waals surface area (Å²) in [5, 5.41) is 3.42. The Morgan fingerprint density at radius 2 is 1.89 bits per heavy atom. The largest absolute Gasteiger partial charge is 0.362 e. The van der Waals surface area contributed by atoms with Crippen molar-refractivity contribution < 1.29 is 9.59 Å². The first-order chi connectivity index (χ1) is 13.2. The van der Waals surface area contributed by atoms with Gasteiger partial charge in [0.25, 0.3) is 5.91 Å². The predicted octanol–water partition coefficient (Wildman–Crippen LogP) is 4.92. The number of halogens is 1. The molecule has 1 aliphatic heterocycles. The quantitative estimate of drug-likeness (QED) is 0.716. The topological polar surface area (TPSA) is 49.4 Å². The van der Waals surface area contributed by atoms with Crippen LogP contribution in [0.5, 0.6) is 0 Å². The molecule has 0 radical (unpaired) electrons. The van der Waals surface area contributed by atoms with E-state index in [1.54, 1.807) is 0 Å². The van der Waals surface area contributed by atoms with E-state index in [4.69, 9.17) is 0 Å². The fourth-order valence-electron chi connectivity index (χ4n) is 4.26. The van der Waals surface area contributed by atoms with Crippen LogP contribution in [0.3, 0.4) is 0 Å². The van der Waals surface area contributed by atoms with E-state index in [1.165, 1.54) is 0 Å². The summed E-state index contributed by atoms with van der Waals surface area (Å²) in [6.45, 7) is 11.2. The fraction of sp³-hybridized carbons (Fsp3) is 0.478. The summed E-state index contributed by atoms with van der Waals surface area (Å²) >= 11 is 3.66. The van der Waals surface area contributed by atoms with E-state index >= 15 is 0 Å². The van der Waals surface area contributed by atoms with Crippen molar-refractivity contribution in [2.45, 2.75) is 53.4 Å². The number of Topliss-reactive ketones (excluding diaryl/α,β-unsaturated/α-hetero) is 1. The molecule has 2 aliphatic rings. The van der Waals surface area contributed by atoms with Gasteiger partial charge in [0.2, 0.25) is 0 Å². The van der Waals surface area contributed by atoms with Crippen LogP contribution in [0.1, 0.15) is 58.9 Å². The lowest BCUT2D eigenvalue weighted by Crippen LogP contribution is -2.43. The molecule has 1 heterocycles. The van der Waals surface area contributed by atoms with Gasteiger partial charge in [-0.05, 0) is 45.2 Å². The van der Waals surface area contributed by atoms with Crippen molar-refractivity contribution >= 4 is 27.6 Å². The maximum absolute atomic E-state index is 13.5. The highest BCUT2D eigenvalue weighted by Crippen LogP contribution is 2.48. The molecule has 150 valence electrons. The van der Waals surface area contributed by atoms with Gasteiger partial charge in [0.15, 0.2) is 5.78 Å². The van der Waals surface area contributed by atoms with Crippen LogP contribution in [-0.4, -0.2) is 29.7 Å². The Balaban J connectivity index is 2.23. The zero-order valence-electron chi connectivity index (χ0n) is 17.4. The number of benzene rings is 1. The van der Waals surface area contributed by atoms with E-state index in [1.807, 2.05) is 63.8 Å². The third-order valence-electron chi connectivity index (χ3n) is 6.00. The van der Waals surface area contributed by atoms with Crippen molar-refractivity contribution in [1.29, 1.82) is 0 Å². The Hall–Kier alpha value is -1.88. The van der Waals surface area contributed by atoms with Gasteiger partial charge in [0, 0.05) is 51.4 Å². The fourth-order valence-corrected chi connectivity index (χ4v) is 4.78. The normalized spacial score (nSPS) is 21.4. The van der Waals surface area contributed by atoms with Gasteiger partial charge in [-0.15, -0.1) is 0 Å². The Morgan fingerprint density at radius 1 is 1.25 bits per heavy atom. The van der Waals surface area contributed by atoms with Gasteiger partial charge >= 0.3 is 0 Å². The van der Waals surface area contributed by atoms with Gasteiger partial charge in [-0.25, -0.2) is 0 Å². The molecule has 0 bridgehead atoms.